The van der Waals surface area contributed by atoms with E-state index >= 15 is 0 Å². The second kappa shape index (κ2) is 3.84. The topological polar surface area (TPSA) is 40.5 Å². The lowest BCUT2D eigenvalue weighted by atomic mass is 9.85. The maximum Gasteiger partial charge on any atom is 0.256 e. The summed E-state index contributed by atoms with van der Waals surface area (Å²) in [5.74, 6) is -0.0736. The zero-order valence-corrected chi connectivity index (χ0v) is 10.8. The molecule has 1 unspecified atom stereocenters. The molecule has 0 radical (unpaired) electrons. The first-order chi connectivity index (χ1) is 7.86. The number of amides is 1. The number of rotatable bonds is 1. The molecule has 0 spiro atoms. The highest BCUT2D eigenvalue weighted by molar-refractivity contribution is 5.99. The normalized spacial score (nSPS) is 19.7. The van der Waals surface area contributed by atoms with Gasteiger partial charge in [0.05, 0.1) is 0 Å². The first kappa shape index (κ1) is 12.1. The van der Waals surface area contributed by atoms with E-state index in [0.29, 0.717) is 12.1 Å². The smallest absolute Gasteiger partial charge is 0.256 e. The molecule has 0 bridgehead atoms. The lowest BCUT2D eigenvalue weighted by Crippen LogP contribution is -2.27. The van der Waals surface area contributed by atoms with Crippen LogP contribution >= 0.6 is 0 Å². The summed E-state index contributed by atoms with van der Waals surface area (Å²) in [4.78, 5) is 13.4. The van der Waals surface area contributed by atoms with Crippen molar-refractivity contribution in [2.75, 3.05) is 6.54 Å². The Kier molecular flexibility index (Phi) is 2.74. The molecular formula is C14H19NO2. The van der Waals surface area contributed by atoms with Crippen LogP contribution in [0, 0.1) is 0 Å². The van der Waals surface area contributed by atoms with Gasteiger partial charge in [-0.2, -0.15) is 0 Å². The first-order valence-electron chi connectivity index (χ1n) is 5.99. The van der Waals surface area contributed by atoms with Crippen molar-refractivity contribution in [2.24, 2.45) is 0 Å². The van der Waals surface area contributed by atoms with Gasteiger partial charge in [-0.15, -0.1) is 0 Å². The number of hydrogen-bond acceptors (Lipinski definition) is 2. The SMILES string of the molecule is CCN1C(=O)c2ccc(C(C)(C)C)cc2C1O. The van der Waals surface area contributed by atoms with Crippen molar-refractivity contribution in [3.05, 3.63) is 34.9 Å². The molecule has 0 aromatic heterocycles. The van der Waals surface area contributed by atoms with E-state index in [0.717, 1.165) is 11.1 Å². The fourth-order valence-corrected chi connectivity index (χ4v) is 2.19. The average Bonchev–Trinajstić information content (AvgIpc) is 2.50. The third-order valence-corrected chi connectivity index (χ3v) is 3.32. The van der Waals surface area contributed by atoms with Crippen LogP contribution in [0.15, 0.2) is 18.2 Å². The highest BCUT2D eigenvalue weighted by atomic mass is 16.3. The molecule has 1 aromatic carbocycles. The van der Waals surface area contributed by atoms with Gasteiger partial charge in [-0.1, -0.05) is 26.8 Å². The fourth-order valence-electron chi connectivity index (χ4n) is 2.19. The Bertz CT molecular complexity index is 460. The van der Waals surface area contributed by atoms with Crippen LogP contribution in [0.2, 0.25) is 0 Å². The van der Waals surface area contributed by atoms with Crippen molar-refractivity contribution < 1.29 is 9.90 Å². The van der Waals surface area contributed by atoms with E-state index in [2.05, 4.69) is 20.8 Å². The van der Waals surface area contributed by atoms with Crippen molar-refractivity contribution >= 4 is 5.91 Å². The van der Waals surface area contributed by atoms with E-state index < -0.39 is 6.23 Å². The third-order valence-electron chi connectivity index (χ3n) is 3.32. The van der Waals surface area contributed by atoms with Gasteiger partial charge in [-0.25, -0.2) is 0 Å². The summed E-state index contributed by atoms with van der Waals surface area (Å²) in [5.41, 5.74) is 2.54. The molecular weight excluding hydrogens is 214 g/mol. The Morgan fingerprint density at radius 1 is 1.35 bits per heavy atom. The Morgan fingerprint density at radius 3 is 2.53 bits per heavy atom. The lowest BCUT2D eigenvalue weighted by Gasteiger charge is -2.21. The number of aliphatic hydroxyl groups excluding tert-OH is 1. The summed E-state index contributed by atoms with van der Waals surface area (Å²) >= 11 is 0. The van der Waals surface area contributed by atoms with E-state index in [4.69, 9.17) is 0 Å². The van der Waals surface area contributed by atoms with Crippen LogP contribution in [-0.4, -0.2) is 22.5 Å². The summed E-state index contributed by atoms with van der Waals surface area (Å²) in [7, 11) is 0. The maximum absolute atomic E-state index is 12.0. The van der Waals surface area contributed by atoms with Crippen LogP contribution < -0.4 is 0 Å². The molecule has 1 heterocycles. The molecule has 1 aromatic rings. The molecule has 2 rings (SSSR count). The van der Waals surface area contributed by atoms with Crippen LogP contribution in [0.5, 0.6) is 0 Å². The molecule has 3 heteroatoms. The second-order valence-electron chi connectivity index (χ2n) is 5.52. The number of aliphatic hydroxyl groups is 1. The molecule has 92 valence electrons. The monoisotopic (exact) mass is 233 g/mol. The van der Waals surface area contributed by atoms with Gasteiger partial charge in [0.15, 0.2) is 6.23 Å². The molecule has 17 heavy (non-hydrogen) atoms. The lowest BCUT2D eigenvalue weighted by molar-refractivity contribution is 0.0202. The average molecular weight is 233 g/mol. The first-order valence-corrected chi connectivity index (χ1v) is 5.99. The van der Waals surface area contributed by atoms with Gasteiger partial charge in [0.1, 0.15) is 0 Å². The van der Waals surface area contributed by atoms with Crippen molar-refractivity contribution in [2.45, 2.75) is 39.3 Å². The van der Waals surface area contributed by atoms with Crippen molar-refractivity contribution in [1.82, 2.24) is 4.90 Å². The molecule has 0 aliphatic carbocycles. The molecule has 1 N–H and O–H groups in total. The number of fused-ring (bicyclic) bond motifs is 1. The highest BCUT2D eigenvalue weighted by Crippen LogP contribution is 2.34. The largest absolute Gasteiger partial charge is 0.369 e. The third kappa shape index (κ3) is 1.84. The van der Waals surface area contributed by atoms with E-state index in [1.807, 2.05) is 25.1 Å². The predicted octanol–water partition coefficient (Wildman–Crippen LogP) is 2.45. The molecule has 1 atom stereocenters. The standard InChI is InChI=1S/C14H19NO2/c1-5-15-12(16)10-7-6-9(14(2,3)4)8-11(10)13(15)17/h6-8,13,17H,5H2,1-4H3. The molecule has 1 aliphatic heterocycles. The summed E-state index contributed by atoms with van der Waals surface area (Å²) in [5, 5.41) is 10.1. The summed E-state index contributed by atoms with van der Waals surface area (Å²) in [6.07, 6.45) is -0.787. The van der Waals surface area contributed by atoms with E-state index in [-0.39, 0.29) is 11.3 Å². The Labute approximate surface area is 102 Å². The Morgan fingerprint density at radius 2 is 2.00 bits per heavy atom. The number of carbonyl (C=O) groups is 1. The summed E-state index contributed by atoms with van der Waals surface area (Å²) in [6, 6.07) is 5.76. The van der Waals surface area contributed by atoms with Gasteiger partial charge in [0, 0.05) is 17.7 Å². The fraction of sp³-hybridized carbons (Fsp3) is 0.500. The molecule has 3 nitrogen and oxygen atoms in total. The van der Waals surface area contributed by atoms with Crippen LogP contribution in [0.4, 0.5) is 0 Å². The highest BCUT2D eigenvalue weighted by Gasteiger charge is 2.35. The molecule has 1 aliphatic rings. The maximum atomic E-state index is 12.0. The number of hydrogen-bond donors (Lipinski definition) is 1. The van der Waals surface area contributed by atoms with Crippen LogP contribution in [0.3, 0.4) is 0 Å². The minimum Gasteiger partial charge on any atom is -0.369 e. The zero-order chi connectivity index (χ0) is 12.8. The van der Waals surface area contributed by atoms with Crippen LogP contribution in [0.25, 0.3) is 0 Å². The van der Waals surface area contributed by atoms with Gasteiger partial charge in [-0.3, -0.25) is 4.79 Å². The van der Waals surface area contributed by atoms with E-state index in [1.165, 1.54) is 4.90 Å². The molecule has 0 saturated carbocycles. The van der Waals surface area contributed by atoms with Crippen molar-refractivity contribution in [3.8, 4) is 0 Å². The molecule has 0 fully saturated rings. The Balaban J connectivity index is 2.50. The predicted molar refractivity (Wildman–Crippen MR) is 66.8 cm³/mol. The summed E-state index contributed by atoms with van der Waals surface area (Å²) in [6.45, 7) is 8.76. The van der Waals surface area contributed by atoms with Crippen LogP contribution in [0.1, 0.15) is 55.4 Å². The van der Waals surface area contributed by atoms with E-state index in [9.17, 15) is 9.90 Å². The number of carbonyl (C=O) groups excluding carboxylic acids is 1. The van der Waals surface area contributed by atoms with Gasteiger partial charge < -0.3 is 10.0 Å². The zero-order valence-electron chi connectivity index (χ0n) is 10.8. The summed E-state index contributed by atoms with van der Waals surface area (Å²) < 4.78 is 0. The minimum atomic E-state index is -0.787. The second-order valence-corrected chi connectivity index (χ2v) is 5.52. The van der Waals surface area contributed by atoms with E-state index in [1.54, 1.807) is 0 Å². The van der Waals surface area contributed by atoms with Gasteiger partial charge in [0.25, 0.3) is 5.91 Å². The van der Waals surface area contributed by atoms with Gasteiger partial charge in [-0.05, 0) is 30.0 Å². The number of benzene rings is 1. The van der Waals surface area contributed by atoms with Crippen LogP contribution in [-0.2, 0) is 5.41 Å². The number of nitrogens with zero attached hydrogens (tertiary/aromatic N) is 1. The molecule has 0 saturated heterocycles. The quantitative estimate of drug-likeness (QED) is 0.809. The Hall–Kier alpha value is -1.35. The van der Waals surface area contributed by atoms with Gasteiger partial charge >= 0.3 is 0 Å². The minimum absolute atomic E-state index is 0.0252. The van der Waals surface area contributed by atoms with Crippen molar-refractivity contribution in [1.29, 1.82) is 0 Å². The van der Waals surface area contributed by atoms with Gasteiger partial charge in [0.2, 0.25) is 0 Å². The molecule has 1 amide bonds. The van der Waals surface area contributed by atoms with Crippen molar-refractivity contribution in [3.63, 3.8) is 0 Å².